The lowest BCUT2D eigenvalue weighted by molar-refractivity contribution is -0.328. The number of rotatable bonds is 8. The first-order valence-corrected chi connectivity index (χ1v) is 11.6. The van der Waals surface area contributed by atoms with Gasteiger partial charge in [-0.1, -0.05) is 25.4 Å². The van der Waals surface area contributed by atoms with E-state index in [4.69, 9.17) is 16.3 Å². The fourth-order valence-electron chi connectivity index (χ4n) is 5.42. The number of ether oxygens (including phenoxy) is 2. The summed E-state index contributed by atoms with van der Waals surface area (Å²) >= 11 is 6.27. The molecule has 2 amide bonds. The monoisotopic (exact) mass is 501 g/mol. The largest absolute Gasteiger partial charge is 0.522 e. The number of aromatic nitrogens is 3. The van der Waals surface area contributed by atoms with Crippen LogP contribution in [0.2, 0.25) is 5.02 Å². The second-order valence-corrected chi connectivity index (χ2v) is 9.26. The molecule has 0 spiro atoms. The van der Waals surface area contributed by atoms with Crippen molar-refractivity contribution in [3.05, 3.63) is 35.6 Å². The number of benzene rings is 1. The smallest absolute Gasteiger partial charge is 0.373 e. The zero-order chi connectivity index (χ0) is 24.5. The molecule has 4 rings (SSSR count). The van der Waals surface area contributed by atoms with Crippen LogP contribution in [0, 0.1) is 5.92 Å². The predicted molar refractivity (Wildman–Crippen MR) is 119 cm³/mol. The first-order chi connectivity index (χ1) is 16.1. The lowest BCUT2D eigenvalue weighted by atomic mass is 9.61. The molecule has 3 unspecified atom stereocenters. The molecule has 1 N–H and O–H groups in total. The van der Waals surface area contributed by atoms with E-state index in [1.165, 1.54) is 17.2 Å². The van der Waals surface area contributed by atoms with Crippen molar-refractivity contribution in [3.8, 4) is 5.69 Å². The van der Waals surface area contributed by atoms with E-state index in [9.17, 15) is 18.0 Å². The highest BCUT2D eigenvalue weighted by Gasteiger charge is 2.61. The second-order valence-electron chi connectivity index (χ2n) is 8.85. The van der Waals surface area contributed by atoms with Crippen LogP contribution in [0.1, 0.15) is 39.5 Å². The van der Waals surface area contributed by atoms with Crippen molar-refractivity contribution >= 4 is 23.3 Å². The number of carbonyl (C=O) groups is 1. The summed E-state index contributed by atoms with van der Waals surface area (Å²) in [5, 5.41) is 11.5. The maximum Gasteiger partial charge on any atom is 0.522 e. The molecule has 1 aromatic heterocycles. The number of carbonyl (C=O) groups excluding carboxylic acids is 1. The summed E-state index contributed by atoms with van der Waals surface area (Å²) < 4.78 is 46.6. The van der Waals surface area contributed by atoms with Crippen molar-refractivity contribution in [3.63, 3.8) is 0 Å². The number of fused-ring (bicyclic) bond motifs is 2. The van der Waals surface area contributed by atoms with Crippen molar-refractivity contribution in [1.29, 1.82) is 0 Å². The van der Waals surface area contributed by atoms with Crippen LogP contribution in [0.15, 0.2) is 30.6 Å². The number of hydrogen-bond donors (Lipinski definition) is 1. The minimum Gasteiger partial charge on any atom is -0.373 e. The molecule has 1 aromatic carbocycles. The van der Waals surface area contributed by atoms with Crippen molar-refractivity contribution in [2.45, 2.75) is 63.6 Å². The van der Waals surface area contributed by atoms with E-state index in [-0.39, 0.29) is 18.7 Å². The fourth-order valence-corrected chi connectivity index (χ4v) is 5.62. The number of piperidine rings is 1. The van der Waals surface area contributed by atoms with E-state index in [0.717, 1.165) is 19.3 Å². The van der Waals surface area contributed by atoms with E-state index >= 15 is 0 Å². The van der Waals surface area contributed by atoms with E-state index in [1.54, 1.807) is 18.2 Å². The Hall–Kier alpha value is -2.37. The Morgan fingerprint density at radius 2 is 2.03 bits per heavy atom. The van der Waals surface area contributed by atoms with Gasteiger partial charge in [0, 0.05) is 11.7 Å². The van der Waals surface area contributed by atoms with Crippen molar-refractivity contribution in [2.75, 3.05) is 18.5 Å². The quantitative estimate of drug-likeness (QED) is 0.513. The van der Waals surface area contributed by atoms with Gasteiger partial charge in [0.05, 0.1) is 42.3 Å². The lowest BCUT2D eigenvalue weighted by Crippen LogP contribution is -2.76. The Balaban J connectivity index is 1.49. The zero-order valence-corrected chi connectivity index (χ0v) is 19.6. The summed E-state index contributed by atoms with van der Waals surface area (Å²) in [4.78, 5) is 16.6. The molecule has 1 saturated carbocycles. The van der Waals surface area contributed by atoms with E-state index < -0.39 is 24.6 Å². The highest BCUT2D eigenvalue weighted by atomic mass is 35.5. The molecule has 2 fully saturated rings. The van der Waals surface area contributed by atoms with Crippen molar-refractivity contribution in [1.82, 2.24) is 19.9 Å². The Morgan fingerprint density at radius 1 is 1.29 bits per heavy atom. The SMILES string of the molecule is CCC(OCCOC(F)(F)F)C12CC(C[C@H](C)C1)N2C(=O)Nc1ccc(Cl)c(-n2nccn2)c1. The van der Waals surface area contributed by atoms with Crippen molar-refractivity contribution in [2.24, 2.45) is 5.92 Å². The lowest BCUT2D eigenvalue weighted by Gasteiger charge is -2.65. The van der Waals surface area contributed by atoms with Gasteiger partial charge in [0.2, 0.25) is 0 Å². The second kappa shape index (κ2) is 9.71. The molecule has 1 saturated heterocycles. The molecule has 2 heterocycles. The Labute approximate surface area is 200 Å². The van der Waals surface area contributed by atoms with Crippen LogP contribution in [0.25, 0.3) is 5.69 Å². The van der Waals surface area contributed by atoms with Crippen molar-refractivity contribution < 1.29 is 27.4 Å². The predicted octanol–water partition coefficient (Wildman–Crippen LogP) is 5.03. The number of nitrogens with zero attached hydrogens (tertiary/aromatic N) is 4. The average Bonchev–Trinajstić information content (AvgIpc) is 3.28. The number of hydrogen-bond acceptors (Lipinski definition) is 5. The van der Waals surface area contributed by atoms with Gasteiger partial charge in [-0.2, -0.15) is 15.0 Å². The molecular weight excluding hydrogens is 475 g/mol. The minimum atomic E-state index is -4.70. The van der Waals surface area contributed by atoms with Crippen LogP contribution in [-0.4, -0.2) is 63.2 Å². The van der Waals surface area contributed by atoms with Gasteiger partial charge in [0.1, 0.15) is 5.69 Å². The van der Waals surface area contributed by atoms with Gasteiger partial charge in [0.15, 0.2) is 0 Å². The summed E-state index contributed by atoms with van der Waals surface area (Å²) in [5.41, 5.74) is 0.483. The number of halogens is 4. The summed E-state index contributed by atoms with van der Waals surface area (Å²) in [6.45, 7) is 3.25. The molecule has 0 radical (unpaired) electrons. The third-order valence-electron chi connectivity index (χ3n) is 6.50. The summed E-state index contributed by atoms with van der Waals surface area (Å²) in [7, 11) is 0. The maximum atomic E-state index is 13.4. The van der Waals surface area contributed by atoms with E-state index in [2.05, 4.69) is 27.2 Å². The van der Waals surface area contributed by atoms with Gasteiger partial charge in [-0.25, -0.2) is 4.79 Å². The molecule has 2 aliphatic rings. The van der Waals surface area contributed by atoms with Gasteiger partial charge < -0.3 is 15.0 Å². The van der Waals surface area contributed by atoms with Gasteiger partial charge in [0.25, 0.3) is 0 Å². The third kappa shape index (κ3) is 5.01. The van der Waals surface area contributed by atoms with Crippen LogP contribution in [0.5, 0.6) is 0 Å². The first-order valence-electron chi connectivity index (χ1n) is 11.2. The molecule has 8 nitrogen and oxygen atoms in total. The molecule has 1 aliphatic heterocycles. The number of anilines is 1. The number of nitrogens with one attached hydrogen (secondary N) is 1. The highest BCUT2D eigenvalue weighted by Crippen LogP contribution is 2.53. The topological polar surface area (TPSA) is 81.5 Å². The third-order valence-corrected chi connectivity index (χ3v) is 6.82. The molecular formula is C22H27ClF3N5O3. The molecule has 12 heteroatoms. The Bertz CT molecular complexity index is 1010. The number of alkyl halides is 3. The summed E-state index contributed by atoms with van der Waals surface area (Å²) in [5.74, 6) is 0.375. The Kier molecular flexibility index (Phi) is 7.07. The molecule has 2 bridgehead atoms. The normalized spacial score (nSPS) is 25.1. The Morgan fingerprint density at radius 3 is 2.71 bits per heavy atom. The van der Waals surface area contributed by atoms with Crippen LogP contribution in [-0.2, 0) is 9.47 Å². The molecule has 186 valence electrons. The van der Waals surface area contributed by atoms with Gasteiger partial charge in [-0.3, -0.25) is 4.74 Å². The van der Waals surface area contributed by atoms with Gasteiger partial charge in [-0.15, -0.1) is 13.2 Å². The number of likely N-dealkylation sites (tertiary alicyclic amines) is 1. The first kappa shape index (κ1) is 24.7. The number of amides is 2. The number of urea groups is 1. The standard InChI is InChI=1S/C22H27ClF3N5O3/c1-3-19(33-8-9-34-22(24,25)26)21-12-14(2)10-16(13-21)30(21)20(32)29-15-4-5-17(23)18(11-15)31-27-6-7-28-31/h4-7,11,14,16,19H,3,8-10,12-13H2,1-2H3,(H,29,32)/t14-,16?,19?,21?/m0/s1. The van der Waals surface area contributed by atoms with Crippen LogP contribution in [0.4, 0.5) is 23.7 Å². The fraction of sp³-hybridized carbons (Fsp3) is 0.591. The summed E-state index contributed by atoms with van der Waals surface area (Å²) in [6.07, 6.45) is 0.862. The summed E-state index contributed by atoms with van der Waals surface area (Å²) in [6, 6.07) is 4.81. The molecule has 2 aromatic rings. The maximum absolute atomic E-state index is 13.4. The van der Waals surface area contributed by atoms with Crippen LogP contribution < -0.4 is 5.32 Å². The zero-order valence-electron chi connectivity index (χ0n) is 18.9. The van der Waals surface area contributed by atoms with Crippen LogP contribution >= 0.6 is 11.6 Å². The van der Waals surface area contributed by atoms with Crippen LogP contribution in [0.3, 0.4) is 0 Å². The molecule has 1 aliphatic carbocycles. The van der Waals surface area contributed by atoms with E-state index in [1.807, 2.05) is 11.8 Å². The van der Waals surface area contributed by atoms with E-state index in [0.29, 0.717) is 28.7 Å². The highest BCUT2D eigenvalue weighted by molar-refractivity contribution is 6.32. The molecule has 4 atom stereocenters. The molecule has 34 heavy (non-hydrogen) atoms. The van der Waals surface area contributed by atoms with Gasteiger partial charge in [-0.05, 0) is 49.8 Å². The average molecular weight is 502 g/mol. The van der Waals surface area contributed by atoms with Gasteiger partial charge >= 0.3 is 12.4 Å². The minimum absolute atomic E-state index is 0.0485.